The average Bonchev–Trinajstić information content (AvgIpc) is 2.90. The monoisotopic (exact) mass is 161 g/mol. The fraction of sp³-hybridized carbons (Fsp3) is 0.200. The van der Waals surface area contributed by atoms with E-state index in [-0.39, 0.29) is 0 Å². The van der Waals surface area contributed by atoms with Crippen LogP contribution in [0.15, 0.2) is 29.8 Å². The second-order valence-electron chi connectivity index (χ2n) is 3.04. The molecule has 1 aliphatic carbocycles. The maximum atomic E-state index is 8.56. The molecule has 0 aliphatic heterocycles. The Labute approximate surface area is 71.5 Å². The lowest BCUT2D eigenvalue weighted by atomic mass is 10.2. The molecule has 0 bridgehead atoms. The van der Waals surface area contributed by atoms with Crippen LogP contribution in [0.25, 0.3) is 6.08 Å². The lowest BCUT2D eigenvalue weighted by Gasteiger charge is -1.97. The van der Waals surface area contributed by atoms with E-state index in [9.17, 15) is 0 Å². The normalized spacial score (nSPS) is 14.2. The first-order valence-electron chi connectivity index (χ1n) is 4.08. The number of anilines is 1. The molecule has 2 N–H and O–H groups in total. The Morgan fingerprint density at radius 2 is 1.83 bits per heavy atom. The summed E-state index contributed by atoms with van der Waals surface area (Å²) in [4.78, 5) is 0. The van der Waals surface area contributed by atoms with Crippen LogP contribution in [0.2, 0.25) is 0 Å². The maximum Gasteiger partial charge on any atom is 0.0602 e. The van der Waals surface area contributed by atoms with E-state index >= 15 is 0 Å². The zero-order valence-electron chi connectivity index (χ0n) is 6.75. The van der Waals surface area contributed by atoms with E-state index in [0.29, 0.717) is 0 Å². The van der Waals surface area contributed by atoms with Gasteiger partial charge in [-0.25, -0.2) is 0 Å². The largest absolute Gasteiger partial charge is 0.291 e. The second kappa shape index (κ2) is 2.99. The third-order valence-corrected chi connectivity index (χ3v) is 1.95. The predicted molar refractivity (Wildman–Crippen MR) is 49.1 cm³/mol. The Morgan fingerprint density at radius 3 is 2.33 bits per heavy atom. The Balaban J connectivity index is 2.18. The van der Waals surface area contributed by atoms with Gasteiger partial charge in [0.2, 0.25) is 0 Å². The Bertz CT molecular complexity index is 294. The third-order valence-electron chi connectivity index (χ3n) is 1.95. The van der Waals surface area contributed by atoms with E-state index in [0.717, 1.165) is 5.69 Å². The molecule has 0 heterocycles. The molecule has 1 fully saturated rings. The maximum absolute atomic E-state index is 8.56. The topological polar surface area (TPSA) is 32.3 Å². The molecule has 0 spiro atoms. The van der Waals surface area contributed by atoms with Crippen molar-refractivity contribution in [1.82, 2.24) is 0 Å². The highest BCUT2D eigenvalue weighted by molar-refractivity contribution is 5.59. The van der Waals surface area contributed by atoms with Gasteiger partial charge in [0.25, 0.3) is 0 Å². The van der Waals surface area contributed by atoms with Gasteiger partial charge >= 0.3 is 0 Å². The van der Waals surface area contributed by atoms with E-state index < -0.39 is 0 Å². The van der Waals surface area contributed by atoms with Crippen molar-refractivity contribution in [2.24, 2.45) is 0 Å². The fourth-order valence-electron chi connectivity index (χ4n) is 1.11. The van der Waals surface area contributed by atoms with Crippen molar-refractivity contribution in [3.05, 3.63) is 35.4 Å². The molecule has 0 atom stereocenters. The van der Waals surface area contributed by atoms with E-state index in [1.54, 1.807) is 0 Å². The second-order valence-corrected chi connectivity index (χ2v) is 3.04. The average molecular weight is 161 g/mol. The van der Waals surface area contributed by atoms with Gasteiger partial charge in [0.1, 0.15) is 0 Å². The van der Waals surface area contributed by atoms with Gasteiger partial charge in [0, 0.05) is 0 Å². The van der Waals surface area contributed by atoms with Gasteiger partial charge in [-0.3, -0.25) is 10.7 Å². The van der Waals surface area contributed by atoms with E-state index in [1.807, 2.05) is 24.3 Å². The standard InChI is InChI=1S/C10H11NO/c12-11-10-5-3-9(4-6-10)7-8-1-2-8/h3-7,11-12H,1-2H2. The molecule has 0 saturated heterocycles. The summed E-state index contributed by atoms with van der Waals surface area (Å²) in [5.41, 5.74) is 5.56. The number of benzene rings is 1. The number of allylic oxidation sites excluding steroid dienone is 1. The van der Waals surface area contributed by atoms with Crippen LogP contribution >= 0.6 is 0 Å². The number of nitrogens with one attached hydrogen (secondary N) is 1. The molecular formula is C10H11NO. The lowest BCUT2D eigenvalue weighted by Crippen LogP contribution is -1.87. The Morgan fingerprint density at radius 1 is 1.17 bits per heavy atom. The predicted octanol–water partition coefficient (Wildman–Crippen LogP) is 2.66. The summed E-state index contributed by atoms with van der Waals surface area (Å²) in [6.45, 7) is 0. The summed E-state index contributed by atoms with van der Waals surface area (Å²) in [7, 11) is 0. The van der Waals surface area contributed by atoms with Crippen molar-refractivity contribution < 1.29 is 5.21 Å². The molecule has 1 aromatic carbocycles. The summed E-state index contributed by atoms with van der Waals surface area (Å²) in [6, 6.07) is 7.69. The minimum absolute atomic E-state index is 0.730. The van der Waals surface area contributed by atoms with Crippen molar-refractivity contribution in [3.63, 3.8) is 0 Å². The first-order valence-corrected chi connectivity index (χ1v) is 4.08. The molecule has 2 heteroatoms. The SMILES string of the molecule is ONc1ccc(C=C2CC2)cc1. The van der Waals surface area contributed by atoms with Crippen LogP contribution < -0.4 is 5.48 Å². The number of hydrogen-bond acceptors (Lipinski definition) is 2. The molecule has 0 amide bonds. The molecular weight excluding hydrogens is 150 g/mol. The zero-order valence-corrected chi connectivity index (χ0v) is 6.75. The highest BCUT2D eigenvalue weighted by atomic mass is 16.5. The molecule has 2 rings (SSSR count). The molecule has 1 aromatic rings. The van der Waals surface area contributed by atoms with Gasteiger partial charge in [-0.1, -0.05) is 23.8 Å². The van der Waals surface area contributed by atoms with Gasteiger partial charge in [0.15, 0.2) is 0 Å². The van der Waals surface area contributed by atoms with Gasteiger partial charge in [-0.2, -0.15) is 0 Å². The number of rotatable bonds is 2. The van der Waals surface area contributed by atoms with Crippen LogP contribution in [-0.4, -0.2) is 5.21 Å². The van der Waals surface area contributed by atoms with Crippen LogP contribution in [0.3, 0.4) is 0 Å². The van der Waals surface area contributed by atoms with Crippen LogP contribution in [0, 0.1) is 0 Å². The highest BCUT2D eigenvalue weighted by Gasteiger charge is 2.09. The summed E-state index contributed by atoms with van der Waals surface area (Å²) in [6.07, 6.45) is 4.70. The minimum Gasteiger partial charge on any atom is -0.291 e. The quantitative estimate of drug-likeness (QED) is 0.653. The molecule has 1 aliphatic rings. The van der Waals surface area contributed by atoms with Crippen molar-refractivity contribution in [3.8, 4) is 0 Å². The van der Waals surface area contributed by atoms with E-state index in [4.69, 9.17) is 5.21 Å². The van der Waals surface area contributed by atoms with E-state index in [2.05, 4.69) is 11.6 Å². The summed E-state index contributed by atoms with van der Waals surface area (Å²) < 4.78 is 0. The van der Waals surface area contributed by atoms with Crippen LogP contribution in [0.1, 0.15) is 18.4 Å². The van der Waals surface area contributed by atoms with Crippen molar-refractivity contribution in [2.45, 2.75) is 12.8 Å². The van der Waals surface area contributed by atoms with Crippen molar-refractivity contribution in [1.29, 1.82) is 0 Å². The molecule has 0 unspecified atom stereocenters. The summed E-state index contributed by atoms with van der Waals surface area (Å²) in [5.74, 6) is 0. The Hall–Kier alpha value is -1.28. The van der Waals surface area contributed by atoms with E-state index in [1.165, 1.54) is 24.0 Å². The van der Waals surface area contributed by atoms with Crippen LogP contribution in [0.4, 0.5) is 5.69 Å². The molecule has 0 aromatic heterocycles. The van der Waals surface area contributed by atoms with Crippen LogP contribution in [-0.2, 0) is 0 Å². The van der Waals surface area contributed by atoms with Gasteiger partial charge in [-0.15, -0.1) is 0 Å². The molecule has 0 radical (unpaired) electrons. The van der Waals surface area contributed by atoms with Crippen molar-refractivity contribution >= 4 is 11.8 Å². The van der Waals surface area contributed by atoms with Gasteiger partial charge in [0.05, 0.1) is 5.69 Å². The molecule has 12 heavy (non-hydrogen) atoms. The smallest absolute Gasteiger partial charge is 0.0602 e. The fourth-order valence-corrected chi connectivity index (χ4v) is 1.11. The molecule has 62 valence electrons. The molecule has 2 nitrogen and oxygen atoms in total. The minimum atomic E-state index is 0.730. The highest BCUT2D eigenvalue weighted by Crippen LogP contribution is 2.30. The third kappa shape index (κ3) is 1.66. The number of hydrogen-bond donors (Lipinski definition) is 2. The zero-order chi connectivity index (χ0) is 8.39. The first kappa shape index (κ1) is 7.37. The lowest BCUT2D eigenvalue weighted by molar-refractivity contribution is 0.389. The summed E-state index contributed by atoms with van der Waals surface area (Å²) in [5, 5.41) is 8.56. The summed E-state index contributed by atoms with van der Waals surface area (Å²) >= 11 is 0. The van der Waals surface area contributed by atoms with Crippen molar-refractivity contribution in [2.75, 3.05) is 5.48 Å². The Kier molecular flexibility index (Phi) is 1.84. The first-order chi connectivity index (χ1) is 5.88. The van der Waals surface area contributed by atoms with Gasteiger partial charge < -0.3 is 0 Å². The van der Waals surface area contributed by atoms with Crippen LogP contribution in [0.5, 0.6) is 0 Å². The molecule has 1 saturated carbocycles. The van der Waals surface area contributed by atoms with Gasteiger partial charge in [-0.05, 0) is 30.5 Å².